The lowest BCUT2D eigenvalue weighted by atomic mass is 9.98. The third-order valence-electron chi connectivity index (χ3n) is 4.18. The van der Waals surface area contributed by atoms with Crippen LogP contribution in [0.5, 0.6) is 0 Å². The fourth-order valence-corrected chi connectivity index (χ4v) is 4.41. The van der Waals surface area contributed by atoms with Crippen LogP contribution in [-0.4, -0.2) is 50.6 Å². The zero-order valence-electron chi connectivity index (χ0n) is 16.6. The number of hydrogen-bond donors (Lipinski definition) is 3. The number of aliphatic hydroxyl groups excluding tert-OH is 1. The van der Waals surface area contributed by atoms with Crippen molar-refractivity contribution in [3.8, 4) is 0 Å². The number of carbonyl (C=O) groups is 1. The molecule has 154 valence electrons. The molecule has 0 heterocycles. The second-order valence-corrected chi connectivity index (χ2v) is 9.89. The molecule has 8 heteroatoms. The van der Waals surface area contributed by atoms with Gasteiger partial charge in [-0.2, -0.15) is 16.5 Å². The standard InChI is InChI=1S/C19H32N2O4S2/c1-14(2)11-16(13-22)12-20-19(23)18(9-10-26-4)21-27(24,25)17-7-5-15(3)6-8-17/h5-8,14,16,18,21-22H,9-13H2,1-4H3,(H,20,23). The van der Waals surface area contributed by atoms with Crippen LogP contribution in [0.2, 0.25) is 0 Å². The van der Waals surface area contributed by atoms with Gasteiger partial charge in [0.2, 0.25) is 15.9 Å². The summed E-state index contributed by atoms with van der Waals surface area (Å²) in [6.07, 6.45) is 3.10. The van der Waals surface area contributed by atoms with Gasteiger partial charge in [0.1, 0.15) is 6.04 Å². The van der Waals surface area contributed by atoms with Crippen LogP contribution in [0.1, 0.15) is 32.3 Å². The molecule has 0 aliphatic heterocycles. The van der Waals surface area contributed by atoms with Crippen LogP contribution in [0.15, 0.2) is 29.2 Å². The lowest BCUT2D eigenvalue weighted by Crippen LogP contribution is -2.48. The second-order valence-electron chi connectivity index (χ2n) is 7.19. The van der Waals surface area contributed by atoms with Crippen molar-refractivity contribution < 1.29 is 18.3 Å². The lowest BCUT2D eigenvalue weighted by Gasteiger charge is -2.21. The van der Waals surface area contributed by atoms with Crippen molar-refractivity contribution in [1.29, 1.82) is 0 Å². The molecule has 0 aliphatic rings. The van der Waals surface area contributed by atoms with E-state index < -0.39 is 16.1 Å². The molecule has 0 bridgehead atoms. The summed E-state index contributed by atoms with van der Waals surface area (Å²) in [5, 5.41) is 12.3. The fourth-order valence-electron chi connectivity index (χ4n) is 2.71. The van der Waals surface area contributed by atoms with Gasteiger partial charge < -0.3 is 10.4 Å². The Hall–Kier alpha value is -1.09. The number of thioether (sulfide) groups is 1. The summed E-state index contributed by atoms with van der Waals surface area (Å²) >= 11 is 1.55. The van der Waals surface area contributed by atoms with E-state index in [9.17, 15) is 18.3 Å². The van der Waals surface area contributed by atoms with E-state index in [4.69, 9.17) is 0 Å². The van der Waals surface area contributed by atoms with Gasteiger partial charge in [-0.3, -0.25) is 4.79 Å². The Labute approximate surface area is 167 Å². The van der Waals surface area contributed by atoms with Gasteiger partial charge in [-0.1, -0.05) is 31.5 Å². The first-order valence-electron chi connectivity index (χ1n) is 9.16. The molecule has 0 saturated carbocycles. The van der Waals surface area contributed by atoms with E-state index in [1.807, 2.05) is 13.2 Å². The summed E-state index contributed by atoms with van der Waals surface area (Å²) in [5.41, 5.74) is 0.964. The average Bonchev–Trinajstić information content (AvgIpc) is 2.61. The minimum Gasteiger partial charge on any atom is -0.396 e. The normalized spacial score (nSPS) is 14.1. The number of hydrogen-bond acceptors (Lipinski definition) is 5. The Bertz CT molecular complexity index is 675. The molecule has 6 nitrogen and oxygen atoms in total. The van der Waals surface area contributed by atoms with Crippen LogP contribution < -0.4 is 10.0 Å². The van der Waals surface area contributed by atoms with E-state index in [0.717, 1.165) is 12.0 Å². The van der Waals surface area contributed by atoms with Crippen LogP contribution in [0.25, 0.3) is 0 Å². The fraction of sp³-hybridized carbons (Fsp3) is 0.632. The molecule has 27 heavy (non-hydrogen) atoms. The topological polar surface area (TPSA) is 95.5 Å². The van der Waals surface area contributed by atoms with Crippen molar-refractivity contribution in [3.63, 3.8) is 0 Å². The number of nitrogens with one attached hydrogen (secondary N) is 2. The number of rotatable bonds is 12. The van der Waals surface area contributed by atoms with Crippen molar-refractivity contribution in [1.82, 2.24) is 10.0 Å². The molecule has 0 radical (unpaired) electrons. The van der Waals surface area contributed by atoms with E-state index >= 15 is 0 Å². The molecule has 2 unspecified atom stereocenters. The van der Waals surface area contributed by atoms with Crippen molar-refractivity contribution in [2.75, 3.05) is 25.2 Å². The predicted molar refractivity (Wildman–Crippen MR) is 111 cm³/mol. The van der Waals surface area contributed by atoms with Crippen LogP contribution in [0, 0.1) is 18.8 Å². The quantitative estimate of drug-likeness (QED) is 0.485. The molecule has 0 aliphatic carbocycles. The molecule has 0 saturated heterocycles. The van der Waals surface area contributed by atoms with Gasteiger partial charge in [0.15, 0.2) is 0 Å². The van der Waals surface area contributed by atoms with Crippen LogP contribution >= 0.6 is 11.8 Å². The first-order valence-corrected chi connectivity index (χ1v) is 12.0. The summed E-state index contributed by atoms with van der Waals surface area (Å²) in [4.78, 5) is 12.7. The number of aliphatic hydroxyl groups is 1. The monoisotopic (exact) mass is 416 g/mol. The Balaban J connectivity index is 2.81. The minimum absolute atomic E-state index is 0.0109. The van der Waals surface area contributed by atoms with Gasteiger partial charge in [-0.25, -0.2) is 8.42 Å². The van der Waals surface area contributed by atoms with E-state index in [-0.39, 0.29) is 23.3 Å². The molecule has 2 atom stereocenters. The third kappa shape index (κ3) is 8.64. The van der Waals surface area contributed by atoms with Crippen molar-refractivity contribution >= 4 is 27.7 Å². The zero-order chi connectivity index (χ0) is 20.4. The first kappa shape index (κ1) is 23.9. The van der Waals surface area contributed by atoms with E-state index in [0.29, 0.717) is 24.6 Å². The summed E-state index contributed by atoms with van der Waals surface area (Å²) in [6, 6.07) is 5.67. The van der Waals surface area contributed by atoms with Gasteiger partial charge in [0, 0.05) is 13.2 Å². The Kier molecular flexibility index (Phi) is 10.4. The smallest absolute Gasteiger partial charge is 0.241 e. The van der Waals surface area contributed by atoms with Crippen LogP contribution in [0.3, 0.4) is 0 Å². The number of aryl methyl sites for hydroxylation is 1. The zero-order valence-corrected chi connectivity index (χ0v) is 18.2. The molecule has 0 spiro atoms. The largest absolute Gasteiger partial charge is 0.396 e. The maximum Gasteiger partial charge on any atom is 0.241 e. The highest BCUT2D eigenvalue weighted by Gasteiger charge is 2.26. The Morgan fingerprint density at radius 2 is 1.85 bits per heavy atom. The minimum atomic E-state index is -3.78. The van der Waals surface area contributed by atoms with Gasteiger partial charge >= 0.3 is 0 Å². The number of sulfonamides is 1. The molecule has 3 N–H and O–H groups in total. The summed E-state index contributed by atoms with van der Waals surface area (Å²) in [7, 11) is -3.78. The van der Waals surface area contributed by atoms with Gasteiger partial charge in [0.25, 0.3) is 0 Å². The van der Waals surface area contributed by atoms with Crippen LogP contribution in [0.4, 0.5) is 0 Å². The molecular formula is C19H32N2O4S2. The third-order valence-corrected chi connectivity index (χ3v) is 6.32. The van der Waals surface area contributed by atoms with Crippen molar-refractivity contribution in [2.45, 2.75) is 44.6 Å². The van der Waals surface area contributed by atoms with E-state index in [2.05, 4.69) is 23.9 Å². The number of benzene rings is 1. The Morgan fingerprint density at radius 3 is 2.37 bits per heavy atom. The molecule has 1 aromatic carbocycles. The first-order chi connectivity index (χ1) is 12.7. The SMILES string of the molecule is CSCCC(NS(=O)(=O)c1ccc(C)cc1)C(=O)NCC(CO)CC(C)C. The van der Waals surface area contributed by atoms with Crippen LogP contribution in [-0.2, 0) is 14.8 Å². The molecule has 1 rings (SSSR count). The molecule has 0 fully saturated rings. The van der Waals surface area contributed by atoms with Crippen molar-refractivity contribution in [2.24, 2.45) is 11.8 Å². The highest BCUT2D eigenvalue weighted by Crippen LogP contribution is 2.13. The molecule has 0 aromatic heterocycles. The highest BCUT2D eigenvalue weighted by molar-refractivity contribution is 7.98. The average molecular weight is 417 g/mol. The van der Waals surface area contributed by atoms with E-state index in [1.54, 1.807) is 23.9 Å². The molecule has 1 amide bonds. The second kappa shape index (κ2) is 11.7. The Morgan fingerprint density at radius 1 is 1.22 bits per heavy atom. The molecular weight excluding hydrogens is 384 g/mol. The maximum atomic E-state index is 12.6. The summed E-state index contributed by atoms with van der Waals surface area (Å²) < 4.78 is 27.8. The highest BCUT2D eigenvalue weighted by atomic mass is 32.2. The summed E-state index contributed by atoms with van der Waals surface area (Å²) in [6.45, 7) is 6.31. The summed E-state index contributed by atoms with van der Waals surface area (Å²) in [5.74, 6) is 0.668. The lowest BCUT2D eigenvalue weighted by molar-refractivity contribution is -0.123. The van der Waals surface area contributed by atoms with Gasteiger partial charge in [-0.15, -0.1) is 0 Å². The van der Waals surface area contributed by atoms with Crippen molar-refractivity contribution in [3.05, 3.63) is 29.8 Å². The van der Waals surface area contributed by atoms with E-state index in [1.165, 1.54) is 12.1 Å². The number of carbonyl (C=O) groups excluding carboxylic acids is 1. The molecule has 1 aromatic rings. The van der Waals surface area contributed by atoms with Gasteiger partial charge in [0.05, 0.1) is 4.90 Å². The van der Waals surface area contributed by atoms with Gasteiger partial charge in [-0.05, 0) is 55.7 Å². The maximum absolute atomic E-state index is 12.6. The number of amides is 1. The predicted octanol–water partition coefficient (Wildman–Crippen LogP) is 2.17.